The Balaban J connectivity index is 1.24. The number of aryl methyl sites for hydroxylation is 1. The number of ether oxygens (including phenoxy) is 2. The van der Waals surface area contributed by atoms with Crippen molar-refractivity contribution in [2.24, 2.45) is 0 Å². The Kier molecular flexibility index (Phi) is 5.93. The van der Waals surface area contributed by atoms with Gasteiger partial charge in [0.2, 0.25) is 5.89 Å². The molecule has 0 unspecified atom stereocenters. The molecule has 2 saturated heterocycles. The Morgan fingerprint density at radius 3 is 2.85 bits per heavy atom. The number of hydrogen-bond acceptors (Lipinski definition) is 9. The standard InChI is InChI=1S/C23H22FN5O5/c1-13-27-28-21(33-13)19-7-4-14(10-26-19)17-6-5-15(9-18(17)24)29-11-16(34-23(29)31)12-32-22(30)20-3-2-8-25-20/h4-7,9-10,16,20,25H,2-3,8,11-12H2,1H3/t16-,20-/m1/s1. The third kappa shape index (κ3) is 4.46. The number of rotatable bonds is 6. The van der Waals surface area contributed by atoms with Gasteiger partial charge >= 0.3 is 12.1 Å². The molecule has 2 aromatic heterocycles. The average Bonchev–Trinajstić information content (AvgIpc) is 3.59. The number of nitrogens with zero attached hydrogens (tertiary/aromatic N) is 4. The minimum absolute atomic E-state index is 0.0442. The summed E-state index contributed by atoms with van der Waals surface area (Å²) in [4.78, 5) is 30.0. The zero-order chi connectivity index (χ0) is 23.7. The van der Waals surface area contributed by atoms with Crippen LogP contribution in [0.3, 0.4) is 0 Å². The van der Waals surface area contributed by atoms with Crippen molar-refractivity contribution in [2.45, 2.75) is 31.9 Å². The fraction of sp³-hybridized carbons (Fsp3) is 0.348. The van der Waals surface area contributed by atoms with E-state index in [4.69, 9.17) is 13.9 Å². The highest BCUT2D eigenvalue weighted by Gasteiger charge is 2.34. The molecule has 4 heterocycles. The van der Waals surface area contributed by atoms with Crippen LogP contribution in [-0.2, 0) is 14.3 Å². The van der Waals surface area contributed by atoms with Crippen molar-refractivity contribution in [3.05, 3.63) is 48.2 Å². The molecule has 1 N–H and O–H groups in total. The number of hydrogen-bond donors (Lipinski definition) is 1. The zero-order valence-corrected chi connectivity index (χ0v) is 18.4. The minimum atomic E-state index is -0.620. The maximum atomic E-state index is 14.9. The smallest absolute Gasteiger partial charge is 0.414 e. The largest absolute Gasteiger partial charge is 0.461 e. The lowest BCUT2D eigenvalue weighted by molar-refractivity contribution is -0.148. The molecular weight excluding hydrogens is 445 g/mol. The Labute approximate surface area is 194 Å². The van der Waals surface area contributed by atoms with E-state index in [1.165, 1.54) is 17.2 Å². The predicted molar refractivity (Wildman–Crippen MR) is 117 cm³/mol. The molecule has 34 heavy (non-hydrogen) atoms. The molecule has 2 aliphatic rings. The molecule has 10 nitrogen and oxygen atoms in total. The predicted octanol–water partition coefficient (Wildman–Crippen LogP) is 2.87. The van der Waals surface area contributed by atoms with Gasteiger partial charge < -0.3 is 19.2 Å². The van der Waals surface area contributed by atoms with Crippen LogP contribution in [0.4, 0.5) is 14.9 Å². The molecule has 0 saturated carbocycles. The van der Waals surface area contributed by atoms with Crippen LogP contribution < -0.4 is 10.2 Å². The maximum absolute atomic E-state index is 14.9. The van der Waals surface area contributed by atoms with E-state index in [0.29, 0.717) is 28.4 Å². The summed E-state index contributed by atoms with van der Waals surface area (Å²) in [7, 11) is 0. The van der Waals surface area contributed by atoms with E-state index >= 15 is 0 Å². The number of carbonyl (C=O) groups excluding carboxylic acids is 2. The number of benzene rings is 1. The van der Waals surface area contributed by atoms with Gasteiger partial charge in [-0.25, -0.2) is 9.18 Å². The van der Waals surface area contributed by atoms with Gasteiger partial charge in [0.1, 0.15) is 24.2 Å². The van der Waals surface area contributed by atoms with Crippen LogP contribution in [0.25, 0.3) is 22.7 Å². The van der Waals surface area contributed by atoms with E-state index in [0.717, 1.165) is 19.4 Å². The molecular formula is C23H22FN5O5. The van der Waals surface area contributed by atoms with Crippen molar-refractivity contribution in [3.63, 3.8) is 0 Å². The van der Waals surface area contributed by atoms with Crippen molar-refractivity contribution in [1.82, 2.24) is 20.5 Å². The van der Waals surface area contributed by atoms with E-state index < -0.39 is 18.0 Å². The summed E-state index contributed by atoms with van der Waals surface area (Å²) in [6, 6.07) is 7.53. The number of esters is 1. The number of carbonyl (C=O) groups is 2. The van der Waals surface area contributed by atoms with E-state index in [-0.39, 0.29) is 31.1 Å². The molecule has 3 aromatic rings. The fourth-order valence-electron chi connectivity index (χ4n) is 3.97. The summed E-state index contributed by atoms with van der Waals surface area (Å²) in [5.41, 5.74) is 1.71. The second-order valence-electron chi connectivity index (χ2n) is 8.12. The molecule has 0 spiro atoms. The monoisotopic (exact) mass is 467 g/mol. The SMILES string of the molecule is Cc1nnc(-c2ccc(-c3ccc(N4C[C@H](COC(=O)[C@H]5CCCN5)OC4=O)cc3F)cn2)o1. The summed E-state index contributed by atoms with van der Waals surface area (Å²) < 4.78 is 30.9. The second-order valence-corrected chi connectivity index (χ2v) is 8.12. The topological polar surface area (TPSA) is 120 Å². The molecule has 2 atom stereocenters. The number of amides is 1. The first kappa shape index (κ1) is 22.0. The Morgan fingerprint density at radius 2 is 2.18 bits per heavy atom. The summed E-state index contributed by atoms with van der Waals surface area (Å²) in [5.74, 6) is -0.159. The van der Waals surface area contributed by atoms with Crippen molar-refractivity contribution >= 4 is 17.7 Å². The number of halogens is 1. The Bertz CT molecular complexity index is 1210. The van der Waals surface area contributed by atoms with Crippen LogP contribution in [0.2, 0.25) is 0 Å². The molecule has 1 aromatic carbocycles. The van der Waals surface area contributed by atoms with Gasteiger partial charge in [0.15, 0.2) is 6.10 Å². The van der Waals surface area contributed by atoms with Gasteiger partial charge in [-0.2, -0.15) is 0 Å². The van der Waals surface area contributed by atoms with Crippen molar-refractivity contribution < 1.29 is 27.9 Å². The first-order chi connectivity index (χ1) is 16.5. The van der Waals surface area contributed by atoms with Crippen molar-refractivity contribution in [1.29, 1.82) is 0 Å². The molecule has 5 rings (SSSR count). The van der Waals surface area contributed by atoms with Crippen molar-refractivity contribution in [2.75, 3.05) is 24.6 Å². The summed E-state index contributed by atoms with van der Waals surface area (Å²) in [6.07, 6.45) is 1.93. The highest BCUT2D eigenvalue weighted by Crippen LogP contribution is 2.30. The average molecular weight is 467 g/mol. The van der Waals surface area contributed by atoms with Crippen LogP contribution in [-0.4, -0.2) is 59.1 Å². The van der Waals surface area contributed by atoms with Gasteiger partial charge in [0, 0.05) is 24.2 Å². The van der Waals surface area contributed by atoms with Gasteiger partial charge in [0.25, 0.3) is 5.89 Å². The molecule has 2 fully saturated rings. The lowest BCUT2D eigenvalue weighted by Gasteiger charge is -2.15. The van der Waals surface area contributed by atoms with Gasteiger partial charge in [-0.05, 0) is 43.7 Å². The summed E-state index contributed by atoms with van der Waals surface area (Å²) in [5, 5.41) is 10.7. The van der Waals surface area contributed by atoms with Gasteiger partial charge in [-0.1, -0.05) is 6.07 Å². The van der Waals surface area contributed by atoms with Gasteiger partial charge in [-0.15, -0.1) is 10.2 Å². The maximum Gasteiger partial charge on any atom is 0.414 e. The lowest BCUT2D eigenvalue weighted by atomic mass is 10.1. The normalized spacial score (nSPS) is 19.9. The number of aromatic nitrogens is 3. The van der Waals surface area contributed by atoms with Gasteiger partial charge in [0.05, 0.1) is 12.2 Å². The molecule has 0 aliphatic carbocycles. The molecule has 176 valence electrons. The third-order valence-corrected chi connectivity index (χ3v) is 5.71. The van der Waals surface area contributed by atoms with Crippen LogP contribution in [0.5, 0.6) is 0 Å². The van der Waals surface area contributed by atoms with Crippen molar-refractivity contribution in [3.8, 4) is 22.7 Å². The van der Waals surface area contributed by atoms with Gasteiger partial charge in [-0.3, -0.25) is 14.7 Å². The van der Waals surface area contributed by atoms with Crippen LogP contribution in [0.15, 0.2) is 40.9 Å². The van der Waals surface area contributed by atoms with E-state index in [1.54, 1.807) is 31.2 Å². The molecule has 11 heteroatoms. The number of anilines is 1. The Hall–Kier alpha value is -3.86. The molecule has 0 bridgehead atoms. The first-order valence-electron chi connectivity index (χ1n) is 10.9. The highest BCUT2D eigenvalue weighted by molar-refractivity contribution is 5.90. The second kappa shape index (κ2) is 9.18. The lowest BCUT2D eigenvalue weighted by Crippen LogP contribution is -2.35. The summed E-state index contributed by atoms with van der Waals surface area (Å²) >= 11 is 0. The van der Waals surface area contributed by atoms with E-state index in [2.05, 4.69) is 20.5 Å². The van der Waals surface area contributed by atoms with Crippen LogP contribution in [0, 0.1) is 12.7 Å². The number of pyridine rings is 1. The fourth-order valence-corrected chi connectivity index (χ4v) is 3.97. The summed E-state index contributed by atoms with van der Waals surface area (Å²) in [6.45, 7) is 2.58. The zero-order valence-electron chi connectivity index (χ0n) is 18.4. The van der Waals surface area contributed by atoms with Crippen LogP contribution >= 0.6 is 0 Å². The Morgan fingerprint density at radius 1 is 1.29 bits per heavy atom. The highest BCUT2D eigenvalue weighted by atomic mass is 19.1. The minimum Gasteiger partial charge on any atom is -0.461 e. The molecule has 0 radical (unpaired) electrons. The quantitative estimate of drug-likeness (QED) is 0.546. The number of nitrogens with one attached hydrogen (secondary N) is 1. The van der Waals surface area contributed by atoms with Crippen LogP contribution in [0.1, 0.15) is 18.7 Å². The van der Waals surface area contributed by atoms with E-state index in [9.17, 15) is 14.0 Å². The third-order valence-electron chi connectivity index (χ3n) is 5.71. The molecule has 1 amide bonds. The van der Waals surface area contributed by atoms with E-state index in [1.807, 2.05) is 0 Å². The molecule has 2 aliphatic heterocycles. The first-order valence-corrected chi connectivity index (χ1v) is 10.9. The number of cyclic esters (lactones) is 1.